The lowest BCUT2D eigenvalue weighted by Gasteiger charge is -2.28. The van der Waals surface area contributed by atoms with E-state index in [4.69, 9.17) is 4.74 Å². The molecular formula is C27H34O. The predicted octanol–water partition coefficient (Wildman–Crippen LogP) is 7.69. The maximum atomic E-state index is 5.51. The van der Waals surface area contributed by atoms with Gasteiger partial charge in [-0.3, -0.25) is 0 Å². The summed E-state index contributed by atoms with van der Waals surface area (Å²) in [6.45, 7) is 7.04. The second kappa shape index (κ2) is 11.0. The monoisotopic (exact) mass is 374 g/mol. The fourth-order valence-corrected chi connectivity index (χ4v) is 4.28. The van der Waals surface area contributed by atoms with Crippen molar-refractivity contribution in [2.45, 2.75) is 58.0 Å². The molecule has 0 radical (unpaired) electrons. The van der Waals surface area contributed by atoms with Gasteiger partial charge in [-0.1, -0.05) is 66.8 Å². The lowest BCUT2D eigenvalue weighted by molar-refractivity contribution is 0.149. The Bertz CT molecular complexity index is 731. The summed E-state index contributed by atoms with van der Waals surface area (Å²) in [4.78, 5) is 0. The third kappa shape index (κ3) is 5.94. The maximum absolute atomic E-state index is 5.51. The van der Waals surface area contributed by atoms with E-state index in [1.807, 2.05) is 0 Å². The van der Waals surface area contributed by atoms with Crippen molar-refractivity contribution in [3.8, 4) is 11.1 Å². The first-order chi connectivity index (χ1) is 13.8. The van der Waals surface area contributed by atoms with Gasteiger partial charge in [0.15, 0.2) is 0 Å². The van der Waals surface area contributed by atoms with Crippen LogP contribution in [0, 0.1) is 5.92 Å². The molecule has 0 atom stereocenters. The van der Waals surface area contributed by atoms with Crippen LogP contribution in [0.2, 0.25) is 0 Å². The third-order valence-electron chi connectivity index (χ3n) is 6.00. The molecule has 0 aromatic heterocycles. The molecule has 0 bridgehead atoms. The largest absolute Gasteiger partial charge is 0.373 e. The van der Waals surface area contributed by atoms with Crippen molar-refractivity contribution in [3.05, 3.63) is 84.5 Å². The van der Waals surface area contributed by atoms with Crippen LogP contribution in [0.25, 0.3) is 11.1 Å². The van der Waals surface area contributed by atoms with Crippen molar-refractivity contribution in [1.82, 2.24) is 0 Å². The Morgan fingerprint density at radius 2 is 1.57 bits per heavy atom. The van der Waals surface area contributed by atoms with Crippen LogP contribution in [0.4, 0.5) is 0 Å². The third-order valence-corrected chi connectivity index (χ3v) is 6.00. The average Bonchev–Trinajstić information content (AvgIpc) is 2.75. The minimum atomic E-state index is 0.598. The van der Waals surface area contributed by atoms with Gasteiger partial charge in [-0.2, -0.15) is 0 Å². The highest BCUT2D eigenvalue weighted by Gasteiger charge is 2.21. The highest BCUT2D eigenvalue weighted by Crippen LogP contribution is 2.38. The van der Waals surface area contributed by atoms with Gasteiger partial charge in [0.2, 0.25) is 0 Å². The van der Waals surface area contributed by atoms with Gasteiger partial charge in [0.25, 0.3) is 0 Å². The van der Waals surface area contributed by atoms with Gasteiger partial charge in [0.05, 0.1) is 13.2 Å². The van der Waals surface area contributed by atoms with Crippen molar-refractivity contribution in [2.24, 2.45) is 5.92 Å². The maximum Gasteiger partial charge on any atom is 0.0721 e. The van der Waals surface area contributed by atoms with Crippen LogP contribution in [0.3, 0.4) is 0 Å². The van der Waals surface area contributed by atoms with Crippen molar-refractivity contribution >= 4 is 0 Å². The van der Waals surface area contributed by atoms with Gasteiger partial charge in [-0.05, 0) is 79.5 Å². The molecule has 0 heterocycles. The van der Waals surface area contributed by atoms with Gasteiger partial charge in [0, 0.05) is 0 Å². The fraction of sp³-hybridized carbons (Fsp3) is 0.407. The molecule has 1 saturated carbocycles. The van der Waals surface area contributed by atoms with Crippen molar-refractivity contribution in [1.29, 1.82) is 0 Å². The fourth-order valence-electron chi connectivity index (χ4n) is 4.28. The number of hydrogen-bond acceptors (Lipinski definition) is 1. The molecule has 0 N–H and O–H groups in total. The highest BCUT2D eigenvalue weighted by atomic mass is 16.5. The number of ether oxygens (including phenoxy) is 1. The molecule has 148 valence electrons. The quantitative estimate of drug-likeness (QED) is 0.323. The zero-order valence-electron chi connectivity index (χ0n) is 17.3. The minimum Gasteiger partial charge on any atom is -0.373 e. The van der Waals surface area contributed by atoms with E-state index in [0.717, 1.165) is 11.8 Å². The molecule has 3 rings (SSSR count). The molecular weight excluding hydrogens is 340 g/mol. The van der Waals surface area contributed by atoms with Gasteiger partial charge in [-0.25, -0.2) is 0 Å². The van der Waals surface area contributed by atoms with E-state index in [1.54, 1.807) is 6.08 Å². The van der Waals surface area contributed by atoms with Gasteiger partial charge in [-0.15, -0.1) is 6.58 Å². The number of rotatable bonds is 9. The molecule has 2 aromatic carbocycles. The van der Waals surface area contributed by atoms with E-state index >= 15 is 0 Å². The molecule has 1 nitrogen and oxygen atoms in total. The normalized spacial score (nSPS) is 19.8. The Hall–Kier alpha value is -2.12. The molecule has 1 fully saturated rings. The van der Waals surface area contributed by atoms with E-state index in [-0.39, 0.29) is 0 Å². The molecule has 0 saturated heterocycles. The van der Waals surface area contributed by atoms with E-state index < -0.39 is 0 Å². The Labute approximate surface area is 171 Å². The van der Waals surface area contributed by atoms with Crippen LogP contribution in [-0.4, -0.2) is 6.61 Å². The summed E-state index contributed by atoms with van der Waals surface area (Å²) in [5.41, 5.74) is 5.28. The molecule has 0 unspecified atom stereocenters. The SMILES string of the molecule is C=CCOCc1ccc(-c2ccc(C3CCC(CCC=CC)CC3)cc2)cc1. The number of benzene rings is 2. The molecule has 0 amide bonds. The number of hydrogen-bond donors (Lipinski definition) is 0. The first-order valence-corrected chi connectivity index (χ1v) is 10.8. The Morgan fingerprint density at radius 3 is 2.18 bits per heavy atom. The summed E-state index contributed by atoms with van der Waals surface area (Å²) in [6.07, 6.45) is 14.4. The standard InChI is InChI=1S/C27H34O/c1-3-5-6-7-22-8-12-24(13-9-22)26-16-18-27(19-17-26)25-14-10-23(11-15-25)21-28-20-4-2/h3-5,10-11,14-19,22,24H,2,6-9,12-13,20-21H2,1H3. The Kier molecular flexibility index (Phi) is 8.11. The molecule has 2 aromatic rings. The first-order valence-electron chi connectivity index (χ1n) is 10.8. The summed E-state index contributed by atoms with van der Waals surface area (Å²) in [6, 6.07) is 18.0. The summed E-state index contributed by atoms with van der Waals surface area (Å²) in [5, 5.41) is 0. The van der Waals surface area contributed by atoms with Crippen LogP contribution in [0.5, 0.6) is 0 Å². The van der Waals surface area contributed by atoms with Gasteiger partial charge < -0.3 is 4.74 Å². The van der Waals surface area contributed by atoms with Crippen molar-refractivity contribution in [2.75, 3.05) is 6.61 Å². The molecule has 1 heteroatoms. The summed E-state index contributed by atoms with van der Waals surface area (Å²) >= 11 is 0. The molecule has 0 aliphatic heterocycles. The van der Waals surface area contributed by atoms with Crippen LogP contribution < -0.4 is 0 Å². The molecule has 1 aliphatic carbocycles. The zero-order chi connectivity index (χ0) is 19.6. The highest BCUT2D eigenvalue weighted by molar-refractivity contribution is 5.64. The topological polar surface area (TPSA) is 9.23 Å². The second-order valence-corrected chi connectivity index (χ2v) is 7.99. The predicted molar refractivity (Wildman–Crippen MR) is 120 cm³/mol. The Balaban J connectivity index is 1.53. The van der Waals surface area contributed by atoms with E-state index in [2.05, 4.69) is 74.2 Å². The molecule has 1 aliphatic rings. The summed E-state index contributed by atoms with van der Waals surface area (Å²) in [5.74, 6) is 1.68. The smallest absolute Gasteiger partial charge is 0.0721 e. The summed E-state index contributed by atoms with van der Waals surface area (Å²) in [7, 11) is 0. The molecule has 28 heavy (non-hydrogen) atoms. The zero-order valence-corrected chi connectivity index (χ0v) is 17.3. The number of allylic oxidation sites excluding steroid dienone is 2. The first kappa shape index (κ1) is 20.6. The molecule has 0 spiro atoms. The van der Waals surface area contributed by atoms with E-state index in [9.17, 15) is 0 Å². The lowest BCUT2D eigenvalue weighted by atomic mass is 9.77. The van der Waals surface area contributed by atoms with E-state index in [1.165, 1.54) is 60.8 Å². The van der Waals surface area contributed by atoms with Crippen molar-refractivity contribution < 1.29 is 4.74 Å². The van der Waals surface area contributed by atoms with Crippen LogP contribution >= 0.6 is 0 Å². The minimum absolute atomic E-state index is 0.598. The second-order valence-electron chi connectivity index (χ2n) is 7.99. The van der Waals surface area contributed by atoms with Gasteiger partial charge in [0.1, 0.15) is 0 Å². The van der Waals surface area contributed by atoms with Crippen LogP contribution in [0.1, 0.15) is 62.5 Å². The van der Waals surface area contributed by atoms with Crippen LogP contribution in [0.15, 0.2) is 73.3 Å². The average molecular weight is 375 g/mol. The van der Waals surface area contributed by atoms with Crippen molar-refractivity contribution in [3.63, 3.8) is 0 Å². The van der Waals surface area contributed by atoms with E-state index in [0.29, 0.717) is 13.2 Å². The van der Waals surface area contributed by atoms with Gasteiger partial charge >= 0.3 is 0 Å². The van der Waals surface area contributed by atoms with Crippen LogP contribution in [-0.2, 0) is 11.3 Å². The Morgan fingerprint density at radius 1 is 0.929 bits per heavy atom. The lowest BCUT2D eigenvalue weighted by Crippen LogP contribution is -2.13. The summed E-state index contributed by atoms with van der Waals surface area (Å²) < 4.78 is 5.51.